The third kappa shape index (κ3) is 3.29. The predicted molar refractivity (Wildman–Crippen MR) is 103 cm³/mol. The molecule has 2 atom stereocenters. The highest BCUT2D eigenvalue weighted by atomic mass is 16.5. The SMILES string of the molecule is COc1ccc(CC(C)NC2CCCc3c2[nH]c2ccccc32)cc1. The van der Waals surface area contributed by atoms with E-state index in [2.05, 4.69) is 53.6 Å². The highest BCUT2D eigenvalue weighted by molar-refractivity contribution is 5.85. The van der Waals surface area contributed by atoms with Gasteiger partial charge in [-0.1, -0.05) is 30.3 Å². The van der Waals surface area contributed by atoms with Crippen LogP contribution in [0.5, 0.6) is 5.75 Å². The third-order valence-corrected chi connectivity index (χ3v) is 5.30. The lowest BCUT2D eigenvalue weighted by Gasteiger charge is -2.27. The molecule has 3 nitrogen and oxygen atoms in total. The number of aromatic amines is 1. The molecule has 3 aromatic rings. The maximum absolute atomic E-state index is 5.24. The van der Waals surface area contributed by atoms with Crippen LogP contribution < -0.4 is 10.1 Å². The van der Waals surface area contributed by atoms with Crippen LogP contribution in [0.2, 0.25) is 0 Å². The van der Waals surface area contributed by atoms with Crippen LogP contribution in [-0.4, -0.2) is 18.1 Å². The minimum atomic E-state index is 0.421. The van der Waals surface area contributed by atoms with E-state index in [1.54, 1.807) is 7.11 Å². The Labute approximate surface area is 149 Å². The van der Waals surface area contributed by atoms with E-state index < -0.39 is 0 Å². The molecule has 1 aromatic heterocycles. The van der Waals surface area contributed by atoms with Crippen LogP contribution in [0.3, 0.4) is 0 Å². The number of fused-ring (bicyclic) bond motifs is 3. The maximum atomic E-state index is 5.24. The summed E-state index contributed by atoms with van der Waals surface area (Å²) >= 11 is 0. The van der Waals surface area contributed by atoms with Crippen molar-refractivity contribution in [2.75, 3.05) is 7.11 Å². The zero-order valence-electron chi connectivity index (χ0n) is 15.0. The molecular weight excluding hydrogens is 308 g/mol. The fourth-order valence-corrected chi connectivity index (χ4v) is 4.10. The fraction of sp³-hybridized carbons (Fsp3) is 0.364. The molecule has 2 unspecified atom stereocenters. The fourth-order valence-electron chi connectivity index (χ4n) is 4.10. The monoisotopic (exact) mass is 334 g/mol. The first-order valence-electron chi connectivity index (χ1n) is 9.23. The first kappa shape index (κ1) is 16.2. The van der Waals surface area contributed by atoms with Crippen molar-refractivity contribution in [2.24, 2.45) is 0 Å². The van der Waals surface area contributed by atoms with E-state index in [9.17, 15) is 0 Å². The molecule has 0 saturated heterocycles. The molecule has 0 amide bonds. The molecule has 25 heavy (non-hydrogen) atoms. The van der Waals surface area contributed by atoms with Gasteiger partial charge in [-0.05, 0) is 61.9 Å². The van der Waals surface area contributed by atoms with Crippen LogP contribution >= 0.6 is 0 Å². The zero-order chi connectivity index (χ0) is 17.2. The summed E-state index contributed by atoms with van der Waals surface area (Å²) in [6, 6.07) is 17.9. The Morgan fingerprint density at radius 2 is 1.96 bits per heavy atom. The summed E-state index contributed by atoms with van der Waals surface area (Å²) in [4.78, 5) is 3.67. The molecule has 4 rings (SSSR count). The molecule has 0 saturated carbocycles. The molecule has 1 aliphatic rings. The molecule has 3 heteroatoms. The second-order valence-electron chi connectivity index (χ2n) is 7.13. The number of aryl methyl sites for hydroxylation is 1. The van der Waals surface area contributed by atoms with Gasteiger partial charge in [0.1, 0.15) is 5.75 Å². The summed E-state index contributed by atoms with van der Waals surface area (Å²) in [5, 5.41) is 5.25. The Morgan fingerprint density at radius 1 is 1.16 bits per heavy atom. The topological polar surface area (TPSA) is 37.0 Å². The van der Waals surface area contributed by atoms with Gasteiger partial charge >= 0.3 is 0 Å². The van der Waals surface area contributed by atoms with Crippen molar-refractivity contribution >= 4 is 10.9 Å². The van der Waals surface area contributed by atoms with Gasteiger partial charge in [-0.15, -0.1) is 0 Å². The molecule has 0 bridgehead atoms. The number of H-pyrrole nitrogens is 1. The summed E-state index contributed by atoms with van der Waals surface area (Å²) < 4.78 is 5.24. The molecule has 1 heterocycles. The lowest BCUT2D eigenvalue weighted by Crippen LogP contribution is -2.34. The molecule has 0 spiro atoms. The number of benzene rings is 2. The van der Waals surface area contributed by atoms with Crippen molar-refractivity contribution in [1.82, 2.24) is 10.3 Å². The van der Waals surface area contributed by atoms with Crippen molar-refractivity contribution in [3.63, 3.8) is 0 Å². The minimum absolute atomic E-state index is 0.421. The van der Waals surface area contributed by atoms with Crippen molar-refractivity contribution in [1.29, 1.82) is 0 Å². The number of hydrogen-bond donors (Lipinski definition) is 2. The smallest absolute Gasteiger partial charge is 0.118 e. The predicted octanol–water partition coefficient (Wildman–Crippen LogP) is 4.77. The largest absolute Gasteiger partial charge is 0.497 e. The lowest BCUT2D eigenvalue weighted by molar-refractivity contribution is 0.401. The number of methoxy groups -OCH3 is 1. The van der Waals surface area contributed by atoms with Crippen LogP contribution in [0.1, 0.15) is 42.6 Å². The van der Waals surface area contributed by atoms with Gasteiger partial charge in [0.25, 0.3) is 0 Å². The number of ether oxygens (including phenoxy) is 1. The van der Waals surface area contributed by atoms with Gasteiger partial charge in [0.05, 0.1) is 7.11 Å². The van der Waals surface area contributed by atoms with E-state index in [0.29, 0.717) is 12.1 Å². The van der Waals surface area contributed by atoms with Gasteiger partial charge in [-0.2, -0.15) is 0 Å². The van der Waals surface area contributed by atoms with Gasteiger partial charge in [0, 0.05) is 28.7 Å². The van der Waals surface area contributed by atoms with Gasteiger partial charge in [0.2, 0.25) is 0 Å². The summed E-state index contributed by atoms with van der Waals surface area (Å²) in [5.74, 6) is 0.916. The molecule has 0 fully saturated rings. The molecule has 0 aliphatic heterocycles. The summed E-state index contributed by atoms with van der Waals surface area (Å²) in [6.45, 7) is 2.28. The van der Waals surface area contributed by atoms with Crippen molar-refractivity contribution in [3.05, 3.63) is 65.4 Å². The first-order chi connectivity index (χ1) is 12.2. The molecule has 1 aliphatic carbocycles. The van der Waals surface area contributed by atoms with Crippen molar-refractivity contribution in [2.45, 2.75) is 44.7 Å². The van der Waals surface area contributed by atoms with Crippen LogP contribution in [0, 0.1) is 0 Å². The normalized spacial score (nSPS) is 18.1. The Kier molecular flexibility index (Phi) is 4.50. The zero-order valence-corrected chi connectivity index (χ0v) is 15.0. The van der Waals surface area contributed by atoms with Gasteiger partial charge in [-0.25, -0.2) is 0 Å². The molecular formula is C22H26N2O. The quantitative estimate of drug-likeness (QED) is 0.705. The summed E-state index contributed by atoms with van der Waals surface area (Å²) in [7, 11) is 1.71. The van der Waals surface area contributed by atoms with E-state index in [-0.39, 0.29) is 0 Å². The average molecular weight is 334 g/mol. The van der Waals surface area contributed by atoms with Crippen LogP contribution in [0.4, 0.5) is 0 Å². The van der Waals surface area contributed by atoms with Crippen LogP contribution in [0.15, 0.2) is 48.5 Å². The van der Waals surface area contributed by atoms with E-state index in [1.165, 1.54) is 47.0 Å². The number of nitrogens with one attached hydrogen (secondary N) is 2. The summed E-state index contributed by atoms with van der Waals surface area (Å²) in [6.07, 6.45) is 4.66. The molecule has 2 N–H and O–H groups in total. The highest BCUT2D eigenvalue weighted by Crippen LogP contribution is 2.35. The minimum Gasteiger partial charge on any atom is -0.497 e. The van der Waals surface area contributed by atoms with Crippen LogP contribution in [0.25, 0.3) is 10.9 Å². The van der Waals surface area contributed by atoms with E-state index in [0.717, 1.165) is 12.2 Å². The maximum Gasteiger partial charge on any atom is 0.118 e. The molecule has 2 aromatic carbocycles. The van der Waals surface area contributed by atoms with Crippen molar-refractivity contribution in [3.8, 4) is 5.75 Å². The highest BCUT2D eigenvalue weighted by Gasteiger charge is 2.25. The first-order valence-corrected chi connectivity index (χ1v) is 9.23. The van der Waals surface area contributed by atoms with Crippen LogP contribution in [-0.2, 0) is 12.8 Å². The molecule has 0 radical (unpaired) electrons. The third-order valence-electron chi connectivity index (χ3n) is 5.30. The van der Waals surface area contributed by atoms with E-state index in [4.69, 9.17) is 4.74 Å². The standard InChI is InChI=1S/C22H26N2O/c1-15(14-16-10-12-17(25-2)13-11-16)23-21-9-5-7-19-18-6-3-4-8-20(18)24-22(19)21/h3-4,6,8,10-13,15,21,23-24H,5,7,9,14H2,1-2H3. The van der Waals surface area contributed by atoms with E-state index >= 15 is 0 Å². The Balaban J connectivity index is 1.49. The second kappa shape index (κ2) is 6.93. The Morgan fingerprint density at radius 3 is 2.76 bits per heavy atom. The summed E-state index contributed by atoms with van der Waals surface area (Å²) in [5.41, 5.74) is 5.52. The molecule has 130 valence electrons. The average Bonchev–Trinajstić information content (AvgIpc) is 3.02. The second-order valence-corrected chi connectivity index (χ2v) is 7.13. The number of rotatable bonds is 5. The number of hydrogen-bond acceptors (Lipinski definition) is 2. The van der Waals surface area contributed by atoms with Gasteiger partial charge < -0.3 is 15.0 Å². The lowest BCUT2D eigenvalue weighted by atomic mass is 9.91. The Hall–Kier alpha value is -2.26. The number of aromatic nitrogens is 1. The van der Waals surface area contributed by atoms with Gasteiger partial charge in [0.15, 0.2) is 0 Å². The Bertz CT molecular complexity index is 850. The van der Waals surface area contributed by atoms with Gasteiger partial charge in [-0.3, -0.25) is 0 Å². The van der Waals surface area contributed by atoms with Crippen molar-refractivity contribution < 1.29 is 4.74 Å². The number of para-hydroxylation sites is 1. The van der Waals surface area contributed by atoms with E-state index in [1.807, 2.05) is 12.1 Å².